The molecular formula is C49H65N3O21S3. The van der Waals surface area contributed by atoms with E-state index >= 15 is 0 Å². The Labute approximate surface area is 441 Å². The number of carbonyl (C=O) groups excluding carboxylic acids is 4. The number of ketones is 1. The third-order valence-corrected chi connectivity index (χ3v) is 16.2. The van der Waals surface area contributed by atoms with Crippen molar-refractivity contribution < 1.29 is 96.5 Å². The summed E-state index contributed by atoms with van der Waals surface area (Å²) in [6.45, 7) is 6.42. The fraction of sp³-hybridized carbons (Fsp3) is 0.551. The second-order valence-electron chi connectivity index (χ2n) is 18.8. The van der Waals surface area contributed by atoms with Gasteiger partial charge in [-0.05, 0) is 92.3 Å². The molecule has 0 saturated carbocycles. The second-order valence-corrected chi connectivity index (χ2v) is 23.2. The molecule has 1 saturated heterocycles. The van der Waals surface area contributed by atoms with Crippen molar-refractivity contribution in [3.8, 4) is 0 Å². The summed E-state index contributed by atoms with van der Waals surface area (Å²) >= 11 is 0. The molecule has 24 nitrogen and oxygen atoms in total. The third kappa shape index (κ3) is 14.3. The molecule has 0 spiro atoms. The average molecular weight is 1130 g/mol. The summed E-state index contributed by atoms with van der Waals surface area (Å²) in [5, 5.41) is 12.4. The van der Waals surface area contributed by atoms with Crippen molar-refractivity contribution in [1.29, 1.82) is 0 Å². The number of hydrogen-bond donors (Lipinski definition) is 4. The van der Waals surface area contributed by atoms with Crippen molar-refractivity contribution in [2.45, 2.75) is 85.5 Å². The number of rotatable bonds is 31. The Morgan fingerprint density at radius 2 is 1.24 bits per heavy atom. The van der Waals surface area contributed by atoms with Gasteiger partial charge >= 0.3 is 5.97 Å². The minimum absolute atomic E-state index is 0.0138. The lowest BCUT2D eigenvalue weighted by Crippen LogP contribution is -2.44. The fourth-order valence-electron chi connectivity index (χ4n) is 9.72. The van der Waals surface area contributed by atoms with Gasteiger partial charge in [-0.25, -0.2) is 4.79 Å². The molecule has 4 N–H and O–H groups in total. The van der Waals surface area contributed by atoms with E-state index in [2.05, 4.69) is 0 Å². The van der Waals surface area contributed by atoms with Crippen LogP contribution in [0.2, 0.25) is 0 Å². The molecule has 6 rings (SSSR count). The van der Waals surface area contributed by atoms with Crippen molar-refractivity contribution in [2.24, 2.45) is 0 Å². The first-order valence-electron chi connectivity index (χ1n) is 24.4. The molecule has 0 bridgehead atoms. The predicted molar refractivity (Wildman–Crippen MR) is 270 cm³/mol. The fourth-order valence-corrected chi connectivity index (χ4v) is 11.2. The Hall–Kier alpha value is -5.17. The lowest BCUT2D eigenvalue weighted by molar-refractivity contribution is -0.197. The highest BCUT2D eigenvalue weighted by Gasteiger charge is 2.50. The van der Waals surface area contributed by atoms with Crippen molar-refractivity contribution in [2.75, 3.05) is 109 Å². The third-order valence-electron chi connectivity index (χ3n) is 13.7. The normalized spacial score (nSPS) is 21.9. The number of nitrogens with zero attached hydrogens (tertiary/aromatic N) is 3. The SMILES string of the molecule is COCCOCCOCCOCCOCCN1c2ccc(S(=O)(=O)O)cc2C(C)(CCCS(=O)(=O)O)C1C=C1C(=O)C(/C=C2/N(CCCC(=O)ON3C(=O)CCC3=O)c3ccc(S(=O)(=O)O)cc3C2(C)CCOC)=C1O. The van der Waals surface area contributed by atoms with Crippen LogP contribution in [0, 0.1) is 0 Å². The number of aliphatic hydroxyl groups excluding tert-OH is 1. The van der Waals surface area contributed by atoms with Gasteiger partial charge in [-0.3, -0.25) is 28.0 Å². The standard InChI is InChI=1S/C49H65N3O21S3/c1-48(14-6-28-74(58,59)60)37-29-33(75(61,62)63)9-11-40(37)51(17-19-69-22-23-71-26-27-72-25-24-70-21-20-68-4)41(48)31-35-46(56)36(47(35)57)32-42-49(2,15-18-67-3)38-30-34(76(64,65)66)8-10-39(38)50(42)16-5-7-45(55)73-52-43(53)12-13-44(52)54/h8-11,29-32,41,56H,5-7,12-28H2,1-4H3,(H,58,59,60)(H,61,62,63)(H,64,65,66)/b35-31?,42-32+. The molecule has 1 aliphatic carbocycles. The Balaban J connectivity index is 1.32. The highest BCUT2D eigenvalue weighted by molar-refractivity contribution is 7.86. The van der Waals surface area contributed by atoms with Crippen LogP contribution >= 0.6 is 0 Å². The van der Waals surface area contributed by atoms with Crippen LogP contribution in [0.15, 0.2) is 80.9 Å². The van der Waals surface area contributed by atoms with E-state index in [9.17, 15) is 63.2 Å². The largest absolute Gasteiger partial charge is 0.506 e. The van der Waals surface area contributed by atoms with E-state index in [0.717, 1.165) is 0 Å². The molecule has 0 aromatic heterocycles. The number of aliphatic hydroxyl groups is 1. The van der Waals surface area contributed by atoms with E-state index in [1.165, 1.54) is 55.7 Å². The molecule has 1 fully saturated rings. The van der Waals surface area contributed by atoms with E-state index in [0.29, 0.717) is 66.3 Å². The number of Topliss-reactive ketones (excluding diaryl/α,β-unsaturated/α-hetero) is 1. The van der Waals surface area contributed by atoms with Crippen molar-refractivity contribution in [1.82, 2.24) is 5.06 Å². The minimum Gasteiger partial charge on any atom is -0.506 e. The summed E-state index contributed by atoms with van der Waals surface area (Å²) in [4.78, 5) is 59.4. The Bertz CT molecular complexity index is 2930. The van der Waals surface area contributed by atoms with Crippen molar-refractivity contribution >= 4 is 65.3 Å². The second kappa shape index (κ2) is 25.5. The summed E-state index contributed by atoms with van der Waals surface area (Å²) in [7, 11) is -10.9. The summed E-state index contributed by atoms with van der Waals surface area (Å²) in [6, 6.07) is 6.91. The van der Waals surface area contributed by atoms with Crippen LogP contribution in [0.25, 0.3) is 0 Å². The van der Waals surface area contributed by atoms with Crippen LogP contribution in [-0.2, 0) is 93.6 Å². The van der Waals surface area contributed by atoms with Crippen LogP contribution < -0.4 is 9.80 Å². The first-order valence-corrected chi connectivity index (χ1v) is 28.9. The van der Waals surface area contributed by atoms with Gasteiger partial charge in [-0.1, -0.05) is 6.92 Å². The van der Waals surface area contributed by atoms with Gasteiger partial charge in [-0.2, -0.15) is 25.3 Å². The smallest absolute Gasteiger partial charge is 0.333 e. The molecule has 2 aromatic carbocycles. The number of benzene rings is 2. The quantitative estimate of drug-likeness (QED) is 0.0364. The number of amides is 2. The lowest BCUT2D eigenvalue weighted by Gasteiger charge is -2.37. The maximum Gasteiger partial charge on any atom is 0.333 e. The van der Waals surface area contributed by atoms with Crippen LogP contribution in [0.3, 0.4) is 0 Å². The molecule has 3 unspecified atom stereocenters. The monoisotopic (exact) mass is 1130 g/mol. The zero-order valence-corrected chi connectivity index (χ0v) is 45.1. The summed E-state index contributed by atoms with van der Waals surface area (Å²) in [5.74, 6) is -3.97. The first-order chi connectivity index (χ1) is 35.9. The maximum atomic E-state index is 14.6. The highest BCUT2D eigenvalue weighted by Crippen LogP contribution is 2.53. The Kier molecular flexibility index (Phi) is 20.2. The van der Waals surface area contributed by atoms with E-state index in [1.54, 1.807) is 30.8 Å². The summed E-state index contributed by atoms with van der Waals surface area (Å²) in [6.07, 6.45) is 2.50. The topological polar surface area (TPSA) is 326 Å². The predicted octanol–water partition coefficient (Wildman–Crippen LogP) is 3.41. The first kappa shape index (κ1) is 60.1. The number of methoxy groups -OCH3 is 2. The van der Waals surface area contributed by atoms with Gasteiger partial charge in [0.1, 0.15) is 5.76 Å². The molecule has 0 radical (unpaired) electrons. The maximum absolute atomic E-state index is 14.6. The molecule has 420 valence electrons. The molecule has 2 amide bonds. The van der Waals surface area contributed by atoms with Gasteiger partial charge < -0.3 is 48.2 Å². The molecular weight excluding hydrogens is 1060 g/mol. The minimum atomic E-state index is -4.76. The van der Waals surface area contributed by atoms with E-state index in [-0.39, 0.29) is 102 Å². The van der Waals surface area contributed by atoms with Crippen molar-refractivity contribution in [3.63, 3.8) is 0 Å². The van der Waals surface area contributed by atoms with Crippen LogP contribution in [-0.4, -0.2) is 178 Å². The number of ether oxygens (including phenoxy) is 6. The van der Waals surface area contributed by atoms with Crippen LogP contribution in [0.5, 0.6) is 0 Å². The van der Waals surface area contributed by atoms with Crippen LogP contribution in [0.1, 0.15) is 69.9 Å². The Morgan fingerprint density at radius 1 is 0.697 bits per heavy atom. The van der Waals surface area contributed by atoms with Gasteiger partial charge in [0.15, 0.2) is 5.78 Å². The zero-order chi connectivity index (χ0) is 55.6. The molecule has 3 aliphatic heterocycles. The van der Waals surface area contributed by atoms with Gasteiger partial charge in [0, 0.05) is 81.1 Å². The number of fused-ring (bicyclic) bond motifs is 2. The zero-order valence-electron chi connectivity index (χ0n) is 42.6. The molecule has 3 atom stereocenters. The van der Waals surface area contributed by atoms with Gasteiger partial charge in [0.2, 0.25) is 0 Å². The molecule has 3 heterocycles. The highest BCUT2D eigenvalue weighted by atomic mass is 32.2. The number of anilines is 2. The lowest BCUT2D eigenvalue weighted by atomic mass is 9.72. The average Bonchev–Trinajstić information content (AvgIpc) is 3.89. The Morgan fingerprint density at radius 3 is 1.78 bits per heavy atom. The van der Waals surface area contributed by atoms with Gasteiger partial charge in [0.05, 0.1) is 92.2 Å². The molecule has 4 aliphatic rings. The van der Waals surface area contributed by atoms with Gasteiger partial charge in [-0.15, -0.1) is 5.06 Å². The number of allylic oxidation sites excluding steroid dienone is 4. The van der Waals surface area contributed by atoms with Gasteiger partial charge in [0.25, 0.3) is 42.2 Å². The number of carbonyl (C=O) groups is 4. The number of hydroxylamine groups is 2. The molecule has 27 heteroatoms. The summed E-state index contributed by atoms with van der Waals surface area (Å²) < 4.78 is 136. The summed E-state index contributed by atoms with van der Waals surface area (Å²) in [5.41, 5.74) is -0.763. The number of hydrogen-bond acceptors (Lipinski definition) is 20. The van der Waals surface area contributed by atoms with Crippen molar-refractivity contribution in [3.05, 3.63) is 82.3 Å². The van der Waals surface area contributed by atoms with E-state index in [4.69, 9.17) is 33.3 Å². The molecule has 2 aromatic rings. The molecule has 76 heavy (non-hydrogen) atoms. The van der Waals surface area contributed by atoms with E-state index in [1.807, 2.05) is 0 Å². The van der Waals surface area contributed by atoms with Crippen LogP contribution in [0.4, 0.5) is 11.4 Å². The van der Waals surface area contributed by atoms with E-state index < -0.39 is 92.1 Å². The number of imide groups is 1.